The molecule has 1 unspecified atom stereocenters. The molecule has 1 aliphatic rings. The van der Waals surface area contributed by atoms with Crippen molar-refractivity contribution in [3.8, 4) is 0 Å². The van der Waals surface area contributed by atoms with E-state index in [0.717, 1.165) is 24.3 Å². The Morgan fingerprint density at radius 3 is 2.73 bits per heavy atom. The van der Waals surface area contributed by atoms with Gasteiger partial charge in [-0.3, -0.25) is 0 Å². The number of nitrogens with two attached hydrogens (primary N) is 1. The number of nitrogens with zero attached hydrogens (tertiary/aromatic N) is 5. The van der Waals surface area contributed by atoms with Crippen molar-refractivity contribution >= 4 is 23.0 Å². The van der Waals surface area contributed by atoms with Gasteiger partial charge in [0.15, 0.2) is 0 Å². The molecule has 7 heteroatoms. The topological polar surface area (TPSA) is 60.5 Å². The van der Waals surface area contributed by atoms with Gasteiger partial charge in [0, 0.05) is 40.1 Å². The zero-order chi connectivity index (χ0) is 16.1. The Hall–Kier alpha value is -1.79. The van der Waals surface area contributed by atoms with E-state index in [9.17, 15) is 0 Å². The molecular formula is C15H23ClN6. The number of anilines is 1. The zero-order valence-electron chi connectivity index (χ0n) is 13.3. The molecule has 0 amide bonds. The highest BCUT2D eigenvalue weighted by atomic mass is 35.5. The van der Waals surface area contributed by atoms with Gasteiger partial charge in [-0.05, 0) is 31.2 Å². The molecule has 0 radical (unpaired) electrons. The molecule has 120 valence electrons. The van der Waals surface area contributed by atoms with E-state index >= 15 is 0 Å². The van der Waals surface area contributed by atoms with Gasteiger partial charge in [0.1, 0.15) is 0 Å². The first-order valence-corrected chi connectivity index (χ1v) is 7.64. The summed E-state index contributed by atoms with van der Waals surface area (Å²) in [5.74, 6) is 0. The maximum atomic E-state index is 6.26. The molecule has 6 nitrogen and oxygen atoms in total. The minimum atomic E-state index is -0.126. The summed E-state index contributed by atoms with van der Waals surface area (Å²) in [6, 6.07) is 5.68. The predicted octanol–water partition coefficient (Wildman–Crippen LogP) is 2.84. The van der Waals surface area contributed by atoms with E-state index in [4.69, 9.17) is 17.3 Å². The van der Waals surface area contributed by atoms with E-state index in [-0.39, 0.29) is 6.29 Å². The van der Waals surface area contributed by atoms with E-state index in [2.05, 4.69) is 15.1 Å². The highest BCUT2D eigenvalue weighted by Gasteiger charge is 2.22. The lowest BCUT2D eigenvalue weighted by atomic mass is 10.3. The molecule has 0 spiro atoms. The van der Waals surface area contributed by atoms with Crippen LogP contribution in [0.5, 0.6) is 0 Å². The summed E-state index contributed by atoms with van der Waals surface area (Å²) in [5, 5.41) is 9.42. The average Bonchev–Trinajstić information content (AvgIpc) is 2.83. The molecule has 1 aliphatic heterocycles. The lowest BCUT2D eigenvalue weighted by molar-refractivity contribution is 0.177. The van der Waals surface area contributed by atoms with Crippen molar-refractivity contribution in [2.24, 2.45) is 16.0 Å². The van der Waals surface area contributed by atoms with Crippen LogP contribution in [0.25, 0.3) is 0 Å². The van der Waals surface area contributed by atoms with Crippen LogP contribution in [0.4, 0.5) is 11.4 Å². The molecule has 1 atom stereocenters. The van der Waals surface area contributed by atoms with Gasteiger partial charge in [-0.1, -0.05) is 11.6 Å². The molecular weight excluding hydrogens is 300 g/mol. The predicted molar refractivity (Wildman–Crippen MR) is 91.4 cm³/mol. The van der Waals surface area contributed by atoms with E-state index in [0.29, 0.717) is 11.6 Å². The van der Waals surface area contributed by atoms with Crippen LogP contribution < -0.4 is 10.6 Å². The van der Waals surface area contributed by atoms with Crippen LogP contribution in [-0.4, -0.2) is 50.3 Å². The first-order chi connectivity index (χ1) is 10.5. The van der Waals surface area contributed by atoms with Crippen molar-refractivity contribution in [2.75, 3.05) is 39.1 Å². The Morgan fingerprint density at radius 2 is 2.09 bits per heavy atom. The summed E-state index contributed by atoms with van der Waals surface area (Å²) in [4.78, 5) is 6.09. The van der Waals surface area contributed by atoms with Gasteiger partial charge in [0.05, 0.1) is 16.4 Å². The first-order valence-electron chi connectivity index (χ1n) is 7.26. The average molecular weight is 323 g/mol. The number of azo groups is 1. The van der Waals surface area contributed by atoms with Crippen molar-refractivity contribution in [3.63, 3.8) is 0 Å². The molecule has 1 heterocycles. The monoisotopic (exact) mass is 322 g/mol. The van der Waals surface area contributed by atoms with Crippen molar-refractivity contribution < 1.29 is 0 Å². The van der Waals surface area contributed by atoms with E-state index in [1.807, 2.05) is 61.5 Å². The minimum Gasteiger partial charge on any atom is -0.376 e. The molecule has 2 rings (SSSR count). The fraction of sp³-hybridized carbons (Fsp3) is 0.467. The molecule has 0 bridgehead atoms. The number of rotatable bonds is 6. The Bertz CT molecular complexity index is 557. The number of hydrogen-bond acceptors (Lipinski definition) is 6. The summed E-state index contributed by atoms with van der Waals surface area (Å²) in [6.07, 6.45) is 4.80. The molecule has 1 aromatic rings. The summed E-state index contributed by atoms with van der Waals surface area (Å²) in [5.41, 5.74) is 7.28. The van der Waals surface area contributed by atoms with Gasteiger partial charge in [0.2, 0.25) is 6.29 Å². The lowest BCUT2D eigenvalue weighted by Gasteiger charge is -2.25. The third-order valence-electron chi connectivity index (χ3n) is 3.46. The SMILES string of the molecule is CN(C)c1ccc(N=NC2N(C)C=CN2CCCN)cc1Cl. The molecule has 0 fully saturated rings. The summed E-state index contributed by atoms with van der Waals surface area (Å²) >= 11 is 6.26. The molecule has 0 aliphatic carbocycles. The third kappa shape index (κ3) is 3.90. The quantitative estimate of drug-likeness (QED) is 0.818. The molecule has 1 aromatic carbocycles. The second-order valence-electron chi connectivity index (χ2n) is 5.44. The second kappa shape index (κ2) is 7.47. The maximum Gasteiger partial charge on any atom is 0.218 e. The molecule has 0 aromatic heterocycles. The van der Waals surface area contributed by atoms with E-state index < -0.39 is 0 Å². The van der Waals surface area contributed by atoms with Gasteiger partial charge in [0.25, 0.3) is 0 Å². The molecule has 0 saturated carbocycles. The van der Waals surface area contributed by atoms with Crippen LogP contribution in [0.1, 0.15) is 6.42 Å². The third-order valence-corrected chi connectivity index (χ3v) is 3.77. The molecule has 0 saturated heterocycles. The normalized spacial score (nSPS) is 17.8. The largest absolute Gasteiger partial charge is 0.376 e. The number of hydrogen-bond donors (Lipinski definition) is 1. The number of benzene rings is 1. The van der Waals surface area contributed by atoms with Gasteiger partial charge in [-0.2, -0.15) is 5.11 Å². The standard InChI is InChI=1S/C15H23ClN6/c1-20(2)14-6-5-12(11-13(14)16)18-19-15-21(3)9-10-22(15)8-4-7-17/h5-6,9-11,15H,4,7-8,17H2,1-3H3. The Kier molecular flexibility index (Phi) is 5.63. The fourth-order valence-corrected chi connectivity index (χ4v) is 2.57. The summed E-state index contributed by atoms with van der Waals surface area (Å²) in [6.45, 7) is 1.53. The lowest BCUT2D eigenvalue weighted by Crippen LogP contribution is -2.35. The second-order valence-corrected chi connectivity index (χ2v) is 5.84. The minimum absolute atomic E-state index is 0.126. The Balaban J connectivity index is 2.08. The number of halogens is 1. The van der Waals surface area contributed by atoms with Crippen LogP contribution >= 0.6 is 11.6 Å². The van der Waals surface area contributed by atoms with E-state index in [1.165, 1.54) is 0 Å². The smallest absolute Gasteiger partial charge is 0.218 e. The van der Waals surface area contributed by atoms with E-state index in [1.54, 1.807) is 0 Å². The van der Waals surface area contributed by atoms with Crippen molar-refractivity contribution in [3.05, 3.63) is 35.6 Å². The fourth-order valence-electron chi connectivity index (χ4n) is 2.23. The van der Waals surface area contributed by atoms with Gasteiger partial charge in [-0.15, -0.1) is 5.11 Å². The highest BCUT2D eigenvalue weighted by molar-refractivity contribution is 6.33. The summed E-state index contributed by atoms with van der Waals surface area (Å²) in [7, 11) is 5.89. The van der Waals surface area contributed by atoms with Gasteiger partial charge >= 0.3 is 0 Å². The van der Waals surface area contributed by atoms with Gasteiger partial charge < -0.3 is 20.4 Å². The Labute approximate surface area is 136 Å². The Morgan fingerprint density at radius 1 is 1.32 bits per heavy atom. The van der Waals surface area contributed by atoms with Crippen LogP contribution in [-0.2, 0) is 0 Å². The van der Waals surface area contributed by atoms with Crippen LogP contribution in [0, 0.1) is 0 Å². The molecule has 22 heavy (non-hydrogen) atoms. The molecule has 2 N–H and O–H groups in total. The van der Waals surface area contributed by atoms with Crippen LogP contribution in [0.2, 0.25) is 5.02 Å². The first kappa shape index (κ1) is 16.6. The zero-order valence-corrected chi connectivity index (χ0v) is 14.0. The highest BCUT2D eigenvalue weighted by Crippen LogP contribution is 2.29. The van der Waals surface area contributed by atoms with Crippen molar-refractivity contribution in [1.82, 2.24) is 9.80 Å². The van der Waals surface area contributed by atoms with Crippen molar-refractivity contribution in [1.29, 1.82) is 0 Å². The van der Waals surface area contributed by atoms with Crippen LogP contribution in [0.15, 0.2) is 40.8 Å². The van der Waals surface area contributed by atoms with Gasteiger partial charge in [-0.25, -0.2) is 0 Å². The summed E-state index contributed by atoms with van der Waals surface area (Å²) < 4.78 is 0. The van der Waals surface area contributed by atoms with Crippen LogP contribution in [0.3, 0.4) is 0 Å². The van der Waals surface area contributed by atoms with Crippen molar-refractivity contribution in [2.45, 2.75) is 12.7 Å². The maximum absolute atomic E-state index is 6.26.